The first-order valence-corrected chi connectivity index (χ1v) is 11.8. The van der Waals surface area contributed by atoms with Crippen molar-refractivity contribution in [2.24, 2.45) is 0 Å². The predicted octanol–water partition coefficient (Wildman–Crippen LogP) is 7.40. The molecule has 0 radical (unpaired) electrons. The molecule has 1 unspecified atom stereocenters. The van der Waals surface area contributed by atoms with Crippen LogP contribution < -0.4 is 0 Å². The summed E-state index contributed by atoms with van der Waals surface area (Å²) in [6.07, 6.45) is 17.5. The normalized spacial score (nSPS) is 12.4. The van der Waals surface area contributed by atoms with Gasteiger partial charge in [0.05, 0.1) is 0 Å². The molecule has 25 heavy (non-hydrogen) atoms. The number of carboxylic acid groups (broad SMARTS) is 1. The molecule has 0 fully saturated rings. The molecule has 0 saturated carbocycles. The molecule has 0 spiro atoms. The standard InChI is InChI=1S/C21H41FO2S/c1-2-3-4-5-6-9-12-15-18-25-19-16-13-10-7-8-11-14-17-20(22)21(23)24/h20H,2-19H2,1H3,(H,23,24). The Morgan fingerprint density at radius 2 is 1.16 bits per heavy atom. The molecule has 1 N–H and O–H groups in total. The fourth-order valence-electron chi connectivity index (χ4n) is 2.98. The van der Waals surface area contributed by atoms with Crippen LogP contribution in [0.1, 0.15) is 110 Å². The van der Waals surface area contributed by atoms with Crippen LogP contribution in [0.4, 0.5) is 4.39 Å². The lowest BCUT2D eigenvalue weighted by Crippen LogP contribution is -2.13. The van der Waals surface area contributed by atoms with Crippen LogP contribution in [-0.4, -0.2) is 28.8 Å². The minimum absolute atomic E-state index is 0.171. The number of unbranched alkanes of at least 4 members (excludes halogenated alkanes) is 13. The maximum Gasteiger partial charge on any atom is 0.338 e. The van der Waals surface area contributed by atoms with Gasteiger partial charge in [-0.25, -0.2) is 9.18 Å². The molecule has 0 aromatic rings. The van der Waals surface area contributed by atoms with E-state index in [0.717, 1.165) is 12.8 Å². The van der Waals surface area contributed by atoms with E-state index in [1.54, 1.807) is 0 Å². The Morgan fingerprint density at radius 1 is 0.760 bits per heavy atom. The summed E-state index contributed by atoms with van der Waals surface area (Å²) < 4.78 is 12.8. The molecule has 0 bridgehead atoms. The van der Waals surface area contributed by atoms with Crippen molar-refractivity contribution in [3.63, 3.8) is 0 Å². The third kappa shape index (κ3) is 19.9. The van der Waals surface area contributed by atoms with Crippen LogP contribution in [0.25, 0.3) is 0 Å². The number of alkyl halides is 1. The number of hydrogen-bond acceptors (Lipinski definition) is 2. The average molecular weight is 377 g/mol. The molecule has 2 nitrogen and oxygen atoms in total. The summed E-state index contributed by atoms with van der Waals surface area (Å²) in [7, 11) is 0. The highest BCUT2D eigenvalue weighted by Gasteiger charge is 2.13. The Balaban J connectivity index is 3.04. The maximum absolute atomic E-state index is 12.8. The van der Waals surface area contributed by atoms with Crippen molar-refractivity contribution in [2.45, 2.75) is 116 Å². The van der Waals surface area contributed by atoms with Gasteiger partial charge in [0.1, 0.15) is 0 Å². The van der Waals surface area contributed by atoms with E-state index in [0.29, 0.717) is 6.42 Å². The van der Waals surface area contributed by atoms with Gasteiger partial charge in [0, 0.05) is 0 Å². The fraction of sp³-hybridized carbons (Fsp3) is 0.952. The van der Waals surface area contributed by atoms with Crippen LogP contribution in [-0.2, 0) is 4.79 Å². The molecule has 4 heteroatoms. The Bertz CT molecular complexity index is 287. The number of rotatable bonds is 20. The molecule has 0 saturated heterocycles. The minimum atomic E-state index is -1.67. The molecule has 0 aliphatic rings. The van der Waals surface area contributed by atoms with Crippen LogP contribution >= 0.6 is 11.8 Å². The summed E-state index contributed by atoms with van der Waals surface area (Å²) in [6.45, 7) is 2.27. The summed E-state index contributed by atoms with van der Waals surface area (Å²) in [5, 5.41) is 8.45. The van der Waals surface area contributed by atoms with Crippen molar-refractivity contribution in [1.29, 1.82) is 0 Å². The second kappa shape index (κ2) is 20.1. The zero-order valence-corrected chi connectivity index (χ0v) is 17.3. The lowest BCUT2D eigenvalue weighted by molar-refractivity contribution is -0.143. The van der Waals surface area contributed by atoms with Gasteiger partial charge >= 0.3 is 5.97 Å². The van der Waals surface area contributed by atoms with Crippen molar-refractivity contribution < 1.29 is 14.3 Å². The number of halogens is 1. The lowest BCUT2D eigenvalue weighted by atomic mass is 10.1. The summed E-state index contributed by atoms with van der Waals surface area (Å²) in [4.78, 5) is 10.3. The third-order valence-electron chi connectivity index (χ3n) is 4.66. The molecule has 0 aromatic heterocycles. The van der Waals surface area contributed by atoms with E-state index in [1.807, 2.05) is 0 Å². The molecule has 0 aliphatic heterocycles. The molecular weight excluding hydrogens is 335 g/mol. The van der Waals surface area contributed by atoms with Gasteiger partial charge in [0.2, 0.25) is 0 Å². The van der Waals surface area contributed by atoms with Gasteiger partial charge in [0.25, 0.3) is 0 Å². The topological polar surface area (TPSA) is 37.3 Å². The van der Waals surface area contributed by atoms with Crippen molar-refractivity contribution in [3.05, 3.63) is 0 Å². The number of aliphatic carboxylic acids is 1. The van der Waals surface area contributed by atoms with Crippen molar-refractivity contribution in [2.75, 3.05) is 11.5 Å². The molecule has 0 aliphatic carbocycles. The van der Waals surface area contributed by atoms with Gasteiger partial charge in [-0.3, -0.25) is 0 Å². The molecular formula is C21H41FO2S. The van der Waals surface area contributed by atoms with Crippen LogP contribution in [0.2, 0.25) is 0 Å². The molecule has 0 heterocycles. The van der Waals surface area contributed by atoms with E-state index < -0.39 is 12.1 Å². The van der Waals surface area contributed by atoms with Crippen LogP contribution in [0.3, 0.4) is 0 Å². The van der Waals surface area contributed by atoms with E-state index in [9.17, 15) is 9.18 Å². The maximum atomic E-state index is 12.8. The highest BCUT2D eigenvalue weighted by molar-refractivity contribution is 7.99. The average Bonchev–Trinajstić information content (AvgIpc) is 2.60. The zero-order chi connectivity index (χ0) is 18.6. The summed E-state index contributed by atoms with van der Waals surface area (Å²) >= 11 is 2.11. The zero-order valence-electron chi connectivity index (χ0n) is 16.4. The highest BCUT2D eigenvalue weighted by Crippen LogP contribution is 2.15. The van der Waals surface area contributed by atoms with Crippen molar-refractivity contribution in [1.82, 2.24) is 0 Å². The third-order valence-corrected chi connectivity index (χ3v) is 5.81. The second-order valence-corrected chi connectivity index (χ2v) is 8.38. The summed E-state index contributed by atoms with van der Waals surface area (Å²) in [6, 6.07) is 0. The smallest absolute Gasteiger partial charge is 0.338 e. The van der Waals surface area contributed by atoms with Gasteiger partial charge in [-0.2, -0.15) is 11.8 Å². The van der Waals surface area contributed by atoms with Gasteiger partial charge in [-0.1, -0.05) is 84.0 Å². The molecule has 0 rings (SSSR count). The minimum Gasteiger partial charge on any atom is -0.479 e. The second-order valence-electron chi connectivity index (χ2n) is 7.16. The van der Waals surface area contributed by atoms with Crippen molar-refractivity contribution >= 4 is 17.7 Å². The molecule has 150 valence electrons. The monoisotopic (exact) mass is 376 g/mol. The Kier molecular flexibility index (Phi) is 19.9. The van der Waals surface area contributed by atoms with Gasteiger partial charge in [-0.05, 0) is 37.2 Å². The molecule has 0 aromatic carbocycles. The van der Waals surface area contributed by atoms with Gasteiger partial charge in [-0.15, -0.1) is 0 Å². The number of thioether (sulfide) groups is 1. The Hall–Kier alpha value is -0.250. The van der Waals surface area contributed by atoms with Crippen LogP contribution in [0.15, 0.2) is 0 Å². The van der Waals surface area contributed by atoms with Crippen molar-refractivity contribution in [3.8, 4) is 0 Å². The van der Waals surface area contributed by atoms with Crippen LogP contribution in [0.5, 0.6) is 0 Å². The Morgan fingerprint density at radius 3 is 1.60 bits per heavy atom. The highest BCUT2D eigenvalue weighted by atomic mass is 32.2. The SMILES string of the molecule is CCCCCCCCCCSCCCCCCCCCC(F)C(=O)O. The fourth-order valence-corrected chi connectivity index (χ4v) is 4.00. The number of carboxylic acids is 1. The first kappa shape index (κ1) is 24.8. The largest absolute Gasteiger partial charge is 0.479 e. The summed E-state index contributed by atoms with van der Waals surface area (Å²) in [5.74, 6) is 1.30. The quantitative estimate of drug-likeness (QED) is 0.225. The van der Waals surface area contributed by atoms with Crippen LogP contribution in [0, 0.1) is 0 Å². The number of hydrogen-bond donors (Lipinski definition) is 1. The van der Waals surface area contributed by atoms with E-state index in [-0.39, 0.29) is 6.42 Å². The first-order chi connectivity index (χ1) is 12.2. The van der Waals surface area contributed by atoms with Gasteiger partial charge in [0.15, 0.2) is 6.17 Å². The van der Waals surface area contributed by atoms with Gasteiger partial charge < -0.3 is 5.11 Å². The molecule has 1 atom stereocenters. The molecule has 0 amide bonds. The Labute approximate surface area is 159 Å². The van der Waals surface area contributed by atoms with E-state index >= 15 is 0 Å². The van der Waals surface area contributed by atoms with E-state index in [4.69, 9.17) is 5.11 Å². The number of carbonyl (C=O) groups is 1. The summed E-state index contributed by atoms with van der Waals surface area (Å²) in [5.41, 5.74) is 0. The predicted molar refractivity (Wildman–Crippen MR) is 109 cm³/mol. The first-order valence-electron chi connectivity index (χ1n) is 10.6. The lowest BCUT2D eigenvalue weighted by Gasteiger charge is -2.04. The van der Waals surface area contributed by atoms with E-state index in [2.05, 4.69) is 18.7 Å². The van der Waals surface area contributed by atoms with E-state index in [1.165, 1.54) is 88.6 Å².